The van der Waals surface area contributed by atoms with Gasteiger partial charge < -0.3 is 4.57 Å². The van der Waals surface area contributed by atoms with Gasteiger partial charge in [-0.3, -0.25) is 14.6 Å². The van der Waals surface area contributed by atoms with Gasteiger partial charge in [0.2, 0.25) is 0 Å². The molecule has 0 saturated heterocycles. The van der Waals surface area contributed by atoms with E-state index in [1.165, 1.54) is 24.6 Å². The summed E-state index contributed by atoms with van der Waals surface area (Å²) >= 11 is 1.44. The molecule has 9 nitrogen and oxygen atoms in total. The van der Waals surface area contributed by atoms with E-state index in [1.807, 2.05) is 6.07 Å². The molecule has 5 aromatic heterocycles. The highest BCUT2D eigenvalue weighted by atomic mass is 32.1. The number of fused-ring (bicyclic) bond motifs is 3. The summed E-state index contributed by atoms with van der Waals surface area (Å²) in [6.07, 6.45) is 0.0957. The first-order chi connectivity index (χ1) is 14.7. The van der Waals surface area contributed by atoms with E-state index in [0.29, 0.717) is 23.0 Å². The highest BCUT2D eigenvalue weighted by molar-refractivity contribution is 7.19. The van der Waals surface area contributed by atoms with Crippen LogP contribution in [0.1, 0.15) is 22.0 Å². The highest BCUT2D eigenvalue weighted by Crippen LogP contribution is 2.33. The average molecular weight is 448 g/mol. The maximum atomic E-state index is 13.3. The number of thiazole rings is 1. The SMILES string of the molecule is Cn1cc(C(F)(F)F)c(Cn2ncc3c4sc(Cc5cc[nH]n5)nc4n(C)c3c2=O)n1. The molecule has 0 radical (unpaired) electrons. The van der Waals surface area contributed by atoms with Crippen LogP contribution in [0.4, 0.5) is 13.2 Å². The van der Waals surface area contributed by atoms with Gasteiger partial charge in [0.05, 0.1) is 34.4 Å². The van der Waals surface area contributed by atoms with Crippen molar-refractivity contribution >= 4 is 32.6 Å². The number of nitrogens with zero attached hydrogens (tertiary/aromatic N) is 7. The van der Waals surface area contributed by atoms with Crippen molar-refractivity contribution in [3.8, 4) is 0 Å². The second-order valence-electron chi connectivity index (χ2n) is 7.09. The van der Waals surface area contributed by atoms with Crippen LogP contribution in [0, 0.1) is 0 Å². The van der Waals surface area contributed by atoms with Crippen LogP contribution in [0.15, 0.2) is 29.5 Å². The molecule has 0 spiro atoms. The third-order valence-corrected chi connectivity index (χ3v) is 6.05. The molecule has 0 unspecified atom stereocenters. The van der Waals surface area contributed by atoms with Gasteiger partial charge in [0.1, 0.15) is 10.5 Å². The van der Waals surface area contributed by atoms with Gasteiger partial charge in [0, 0.05) is 38.3 Å². The number of aromatic amines is 1. The van der Waals surface area contributed by atoms with E-state index < -0.39 is 17.3 Å². The number of H-pyrrole nitrogens is 1. The topological polar surface area (TPSA) is 99.2 Å². The molecule has 0 bridgehead atoms. The summed E-state index contributed by atoms with van der Waals surface area (Å²) in [6.45, 7) is -0.388. The molecular weight excluding hydrogens is 433 g/mol. The fourth-order valence-corrected chi connectivity index (χ4v) is 4.72. The van der Waals surface area contributed by atoms with E-state index in [1.54, 1.807) is 17.8 Å². The molecule has 0 aliphatic carbocycles. The lowest BCUT2D eigenvalue weighted by Crippen LogP contribution is -2.25. The molecule has 5 rings (SSSR count). The molecule has 31 heavy (non-hydrogen) atoms. The molecule has 0 atom stereocenters. The smallest absolute Gasteiger partial charge is 0.323 e. The second-order valence-corrected chi connectivity index (χ2v) is 8.18. The molecule has 0 aliphatic heterocycles. The van der Waals surface area contributed by atoms with Gasteiger partial charge in [-0.2, -0.15) is 28.5 Å². The molecule has 0 aromatic carbocycles. The summed E-state index contributed by atoms with van der Waals surface area (Å²) < 4.78 is 44.3. The fraction of sp³-hybridized carbons (Fsp3) is 0.278. The number of halogens is 3. The zero-order valence-electron chi connectivity index (χ0n) is 16.3. The van der Waals surface area contributed by atoms with E-state index in [9.17, 15) is 18.0 Å². The van der Waals surface area contributed by atoms with Crippen LogP contribution >= 0.6 is 11.3 Å². The number of hydrogen-bond donors (Lipinski definition) is 1. The minimum atomic E-state index is -4.57. The average Bonchev–Trinajstić information content (AvgIpc) is 3.45. The summed E-state index contributed by atoms with van der Waals surface area (Å²) in [5.74, 6) is 0. The molecule has 1 N–H and O–H groups in total. The van der Waals surface area contributed by atoms with Crippen molar-refractivity contribution in [3.63, 3.8) is 0 Å². The molecule has 0 aliphatic rings. The third-order valence-electron chi connectivity index (χ3n) is 4.97. The maximum absolute atomic E-state index is 13.3. The lowest BCUT2D eigenvalue weighted by atomic mass is 10.2. The Kier molecular flexibility index (Phi) is 4.25. The standard InChI is InChI=1S/C18H15F3N8OS/c1-27-7-11(18(19,20)21)12(26-27)8-29-17(30)14-10(6-23-29)15-16(28(14)2)24-13(31-15)5-9-3-4-22-25-9/h3-4,6-7H,5,8H2,1-2H3,(H,22,25). The lowest BCUT2D eigenvalue weighted by Gasteiger charge is -2.08. The summed E-state index contributed by atoms with van der Waals surface area (Å²) in [7, 11) is 3.10. The Hall–Kier alpha value is -3.48. The van der Waals surface area contributed by atoms with Gasteiger partial charge in [0.25, 0.3) is 5.56 Å². The van der Waals surface area contributed by atoms with Crippen LogP contribution in [0.25, 0.3) is 21.3 Å². The minimum Gasteiger partial charge on any atom is -0.323 e. The molecule has 0 saturated carbocycles. The predicted octanol–water partition coefficient (Wildman–Crippen LogP) is 2.46. The first-order valence-corrected chi connectivity index (χ1v) is 9.96. The van der Waals surface area contributed by atoms with Crippen LogP contribution in [0.5, 0.6) is 0 Å². The number of rotatable bonds is 4. The zero-order valence-corrected chi connectivity index (χ0v) is 17.1. The largest absolute Gasteiger partial charge is 0.419 e. The predicted molar refractivity (Wildman–Crippen MR) is 107 cm³/mol. The zero-order chi connectivity index (χ0) is 21.9. The lowest BCUT2D eigenvalue weighted by molar-refractivity contribution is -0.138. The van der Waals surface area contributed by atoms with Crippen LogP contribution in [-0.4, -0.2) is 39.3 Å². The van der Waals surface area contributed by atoms with Crippen molar-refractivity contribution in [1.82, 2.24) is 39.3 Å². The summed E-state index contributed by atoms with van der Waals surface area (Å²) in [6, 6.07) is 1.86. The van der Waals surface area contributed by atoms with Gasteiger partial charge in [-0.05, 0) is 6.07 Å². The molecule has 0 amide bonds. The monoisotopic (exact) mass is 448 g/mol. The van der Waals surface area contributed by atoms with E-state index in [4.69, 9.17) is 0 Å². The van der Waals surface area contributed by atoms with Gasteiger partial charge in [-0.15, -0.1) is 11.3 Å². The summed E-state index contributed by atoms with van der Waals surface area (Å²) in [4.78, 5) is 17.7. The van der Waals surface area contributed by atoms with Crippen LogP contribution < -0.4 is 5.56 Å². The molecule has 5 aromatic rings. The Morgan fingerprint density at radius 2 is 2.06 bits per heavy atom. The Bertz CT molecular complexity index is 1470. The van der Waals surface area contributed by atoms with Crippen LogP contribution in [0.2, 0.25) is 0 Å². The van der Waals surface area contributed by atoms with Crippen LogP contribution in [0.3, 0.4) is 0 Å². The number of aryl methyl sites for hydroxylation is 2. The first-order valence-electron chi connectivity index (χ1n) is 9.14. The van der Waals surface area contributed by atoms with E-state index >= 15 is 0 Å². The molecular formula is C18H15F3N8OS. The van der Waals surface area contributed by atoms with E-state index in [-0.39, 0.29) is 12.2 Å². The van der Waals surface area contributed by atoms with Crippen LogP contribution in [-0.2, 0) is 33.2 Å². The van der Waals surface area contributed by atoms with Gasteiger partial charge in [-0.1, -0.05) is 0 Å². The van der Waals surface area contributed by atoms with Crippen molar-refractivity contribution in [2.75, 3.05) is 0 Å². The fourth-order valence-electron chi connectivity index (χ4n) is 3.60. The Balaban J connectivity index is 1.58. The van der Waals surface area contributed by atoms with Gasteiger partial charge in [-0.25, -0.2) is 9.67 Å². The highest BCUT2D eigenvalue weighted by Gasteiger charge is 2.36. The first kappa shape index (κ1) is 19.5. The number of alkyl halides is 3. The third kappa shape index (κ3) is 3.21. The Labute approximate surface area is 175 Å². The summed E-state index contributed by atoms with van der Waals surface area (Å²) in [5, 5.41) is 16.3. The van der Waals surface area contributed by atoms with E-state index in [0.717, 1.165) is 31.0 Å². The number of aromatic nitrogens is 8. The quantitative estimate of drug-likeness (QED) is 0.455. The molecule has 5 heterocycles. The molecule has 13 heteroatoms. The van der Waals surface area contributed by atoms with Crippen molar-refractivity contribution < 1.29 is 13.2 Å². The van der Waals surface area contributed by atoms with Gasteiger partial charge >= 0.3 is 6.18 Å². The number of nitrogens with one attached hydrogen (secondary N) is 1. The Morgan fingerprint density at radius 1 is 1.26 bits per heavy atom. The molecule has 0 fully saturated rings. The van der Waals surface area contributed by atoms with Crippen molar-refractivity contribution in [2.45, 2.75) is 19.1 Å². The van der Waals surface area contributed by atoms with E-state index in [2.05, 4.69) is 25.4 Å². The second kappa shape index (κ2) is 6.77. The Morgan fingerprint density at radius 3 is 2.77 bits per heavy atom. The maximum Gasteiger partial charge on any atom is 0.419 e. The minimum absolute atomic E-state index is 0.264. The summed E-state index contributed by atoms with van der Waals surface area (Å²) in [5.41, 5.74) is 0.147. The van der Waals surface area contributed by atoms with Crippen molar-refractivity contribution in [3.05, 3.63) is 57.0 Å². The normalized spacial score (nSPS) is 12.4. The molecule has 160 valence electrons. The van der Waals surface area contributed by atoms with Crippen molar-refractivity contribution in [1.29, 1.82) is 0 Å². The van der Waals surface area contributed by atoms with Gasteiger partial charge in [0.15, 0.2) is 5.65 Å². The number of hydrogen-bond acceptors (Lipinski definition) is 6. The van der Waals surface area contributed by atoms with Crippen molar-refractivity contribution in [2.24, 2.45) is 14.1 Å².